The van der Waals surface area contributed by atoms with E-state index in [1.54, 1.807) is 6.20 Å². The average molecular weight is 437 g/mol. The van der Waals surface area contributed by atoms with Crippen molar-refractivity contribution in [3.05, 3.63) is 47.8 Å². The lowest BCUT2D eigenvalue weighted by molar-refractivity contribution is 0.323. The van der Waals surface area contributed by atoms with Crippen LogP contribution in [-0.4, -0.2) is 40.6 Å². The average Bonchev–Trinajstić information content (AvgIpc) is 3.02. The third-order valence-corrected chi connectivity index (χ3v) is 6.45. The van der Waals surface area contributed by atoms with E-state index in [0.29, 0.717) is 18.2 Å². The summed E-state index contributed by atoms with van der Waals surface area (Å²) in [5, 5.41) is 3.98. The molecule has 0 radical (unpaired) electrons. The van der Waals surface area contributed by atoms with Gasteiger partial charge in [-0.2, -0.15) is 0 Å². The largest absolute Gasteiger partial charge is 0.363 e. The van der Waals surface area contributed by atoms with Gasteiger partial charge in [-0.1, -0.05) is 44.2 Å². The third-order valence-electron chi connectivity index (χ3n) is 4.47. The SMILES string of the molecule is CCNC(=S)N(Cc1cnc(S(=O)(=O)Cc2ccccc2)n1CC(C)C)C(C)C. The van der Waals surface area contributed by atoms with Crippen LogP contribution >= 0.6 is 12.2 Å². The minimum atomic E-state index is -3.57. The monoisotopic (exact) mass is 436 g/mol. The van der Waals surface area contributed by atoms with E-state index in [1.807, 2.05) is 41.8 Å². The van der Waals surface area contributed by atoms with E-state index in [0.717, 1.165) is 17.8 Å². The summed E-state index contributed by atoms with van der Waals surface area (Å²) in [4.78, 5) is 6.40. The van der Waals surface area contributed by atoms with Gasteiger partial charge in [0.25, 0.3) is 0 Å². The predicted molar refractivity (Wildman–Crippen MR) is 121 cm³/mol. The molecule has 0 unspecified atom stereocenters. The van der Waals surface area contributed by atoms with Crippen LogP contribution in [0.25, 0.3) is 0 Å². The zero-order valence-corrected chi connectivity index (χ0v) is 19.6. The lowest BCUT2D eigenvalue weighted by Gasteiger charge is -2.30. The maximum atomic E-state index is 13.1. The molecule has 0 aliphatic heterocycles. The minimum absolute atomic E-state index is 0.0634. The summed E-state index contributed by atoms with van der Waals surface area (Å²) in [6, 6.07) is 9.39. The highest BCUT2D eigenvalue weighted by Crippen LogP contribution is 2.21. The van der Waals surface area contributed by atoms with Crippen molar-refractivity contribution < 1.29 is 8.42 Å². The van der Waals surface area contributed by atoms with Crippen LogP contribution in [0.1, 0.15) is 45.9 Å². The summed E-state index contributed by atoms with van der Waals surface area (Å²) in [5.41, 5.74) is 1.60. The lowest BCUT2D eigenvalue weighted by Crippen LogP contribution is -2.43. The molecular formula is C21H32N4O2S2. The Morgan fingerprint density at radius 2 is 1.86 bits per heavy atom. The Balaban J connectivity index is 2.40. The van der Waals surface area contributed by atoms with Gasteiger partial charge in [0.05, 0.1) is 24.2 Å². The molecule has 6 nitrogen and oxygen atoms in total. The molecule has 0 saturated heterocycles. The number of rotatable bonds is 9. The van der Waals surface area contributed by atoms with Crippen LogP contribution in [0, 0.1) is 5.92 Å². The molecule has 160 valence electrons. The van der Waals surface area contributed by atoms with E-state index in [9.17, 15) is 8.42 Å². The highest BCUT2D eigenvalue weighted by Gasteiger charge is 2.26. The topological polar surface area (TPSA) is 67.2 Å². The number of imidazole rings is 1. The summed E-state index contributed by atoms with van der Waals surface area (Å²) in [5.74, 6) is 0.216. The van der Waals surface area contributed by atoms with Gasteiger partial charge in [-0.3, -0.25) is 0 Å². The summed E-state index contributed by atoms with van der Waals surface area (Å²) >= 11 is 5.51. The standard InChI is InChI=1S/C21H32N4O2S2/c1-6-22-20(28)24(17(4)5)14-19-12-23-21(25(19)13-16(2)3)29(26,27)15-18-10-8-7-9-11-18/h7-12,16-17H,6,13-15H2,1-5H3,(H,22,28). The molecular weight excluding hydrogens is 404 g/mol. The van der Waals surface area contributed by atoms with E-state index < -0.39 is 9.84 Å². The molecule has 1 N–H and O–H groups in total. The summed E-state index contributed by atoms with van der Waals surface area (Å²) in [6.45, 7) is 12.1. The van der Waals surface area contributed by atoms with Gasteiger partial charge in [0, 0.05) is 19.1 Å². The number of benzene rings is 1. The minimum Gasteiger partial charge on any atom is -0.363 e. The van der Waals surface area contributed by atoms with Gasteiger partial charge in [-0.15, -0.1) is 0 Å². The smallest absolute Gasteiger partial charge is 0.228 e. The van der Waals surface area contributed by atoms with Gasteiger partial charge in [0.15, 0.2) is 5.11 Å². The second-order valence-corrected chi connectivity index (χ2v) is 10.1. The number of thiocarbonyl (C=S) groups is 1. The van der Waals surface area contributed by atoms with Crippen LogP contribution in [0.4, 0.5) is 0 Å². The first kappa shape index (κ1) is 23.3. The normalized spacial score (nSPS) is 11.8. The maximum Gasteiger partial charge on any atom is 0.228 e. The zero-order chi connectivity index (χ0) is 21.6. The number of aromatic nitrogens is 2. The van der Waals surface area contributed by atoms with E-state index in [2.05, 4.69) is 42.9 Å². The Bertz CT molecular complexity index is 906. The van der Waals surface area contributed by atoms with E-state index >= 15 is 0 Å². The number of nitrogens with one attached hydrogen (secondary N) is 1. The zero-order valence-electron chi connectivity index (χ0n) is 17.9. The van der Waals surface area contributed by atoms with Gasteiger partial charge in [-0.25, -0.2) is 13.4 Å². The molecule has 29 heavy (non-hydrogen) atoms. The second kappa shape index (κ2) is 10.2. The van der Waals surface area contributed by atoms with Crippen molar-refractivity contribution in [2.24, 2.45) is 5.92 Å². The highest BCUT2D eigenvalue weighted by atomic mass is 32.2. The quantitative estimate of drug-likeness (QED) is 0.606. The van der Waals surface area contributed by atoms with Crippen molar-refractivity contribution in [1.82, 2.24) is 19.8 Å². The first-order valence-corrected chi connectivity index (χ1v) is 12.1. The van der Waals surface area contributed by atoms with Crippen molar-refractivity contribution in [1.29, 1.82) is 0 Å². The molecule has 0 fully saturated rings. The molecule has 1 aromatic heterocycles. The highest BCUT2D eigenvalue weighted by molar-refractivity contribution is 7.90. The first-order chi connectivity index (χ1) is 13.7. The molecule has 1 heterocycles. The number of hydrogen-bond acceptors (Lipinski definition) is 4. The van der Waals surface area contributed by atoms with Crippen molar-refractivity contribution in [2.75, 3.05) is 6.54 Å². The van der Waals surface area contributed by atoms with Gasteiger partial charge < -0.3 is 14.8 Å². The fourth-order valence-electron chi connectivity index (χ4n) is 3.10. The third kappa shape index (κ3) is 6.27. The van der Waals surface area contributed by atoms with E-state index in [1.165, 1.54) is 0 Å². The molecule has 0 aliphatic carbocycles. The Hall–Kier alpha value is -1.93. The molecule has 0 saturated carbocycles. The van der Waals surface area contributed by atoms with Gasteiger partial charge in [0.1, 0.15) is 0 Å². The second-order valence-electron chi connectivity index (χ2n) is 7.84. The lowest BCUT2D eigenvalue weighted by atomic mass is 10.2. The van der Waals surface area contributed by atoms with Crippen molar-refractivity contribution in [2.45, 2.75) is 64.7 Å². The van der Waals surface area contributed by atoms with Gasteiger partial charge >= 0.3 is 0 Å². The predicted octanol–water partition coefficient (Wildman–Crippen LogP) is 3.62. The molecule has 8 heteroatoms. The molecule has 1 aromatic carbocycles. The Kier molecular flexibility index (Phi) is 8.22. The summed E-state index contributed by atoms with van der Waals surface area (Å²) in [7, 11) is -3.57. The van der Waals surface area contributed by atoms with Crippen LogP contribution in [0.5, 0.6) is 0 Å². The van der Waals surface area contributed by atoms with E-state index in [4.69, 9.17) is 12.2 Å². The Labute approximate surface area is 180 Å². The number of hydrogen-bond donors (Lipinski definition) is 1. The van der Waals surface area contributed by atoms with E-state index in [-0.39, 0.29) is 22.9 Å². The van der Waals surface area contributed by atoms with Gasteiger partial charge in [-0.05, 0) is 44.5 Å². The molecule has 0 aliphatic rings. The molecule has 0 amide bonds. The fraction of sp³-hybridized carbons (Fsp3) is 0.524. The summed E-state index contributed by atoms with van der Waals surface area (Å²) in [6.07, 6.45) is 1.67. The number of nitrogens with zero attached hydrogens (tertiary/aromatic N) is 3. The Morgan fingerprint density at radius 3 is 2.41 bits per heavy atom. The molecule has 0 bridgehead atoms. The van der Waals surface area contributed by atoms with Crippen LogP contribution < -0.4 is 5.32 Å². The fourth-order valence-corrected chi connectivity index (χ4v) is 5.02. The molecule has 2 aromatic rings. The van der Waals surface area contributed by atoms with Crippen LogP contribution in [0.15, 0.2) is 41.7 Å². The molecule has 0 spiro atoms. The van der Waals surface area contributed by atoms with Crippen LogP contribution in [0.2, 0.25) is 0 Å². The van der Waals surface area contributed by atoms with Crippen molar-refractivity contribution in [3.8, 4) is 0 Å². The van der Waals surface area contributed by atoms with Crippen molar-refractivity contribution in [3.63, 3.8) is 0 Å². The number of sulfone groups is 1. The summed E-state index contributed by atoms with van der Waals surface area (Å²) < 4.78 is 28.1. The maximum absolute atomic E-state index is 13.1. The molecule has 0 atom stereocenters. The Morgan fingerprint density at radius 1 is 1.21 bits per heavy atom. The van der Waals surface area contributed by atoms with Crippen LogP contribution in [0.3, 0.4) is 0 Å². The van der Waals surface area contributed by atoms with Gasteiger partial charge in [0.2, 0.25) is 15.0 Å². The van der Waals surface area contributed by atoms with Crippen molar-refractivity contribution >= 4 is 27.2 Å². The first-order valence-electron chi connectivity index (χ1n) is 10.0. The van der Waals surface area contributed by atoms with Crippen LogP contribution in [-0.2, 0) is 28.7 Å². The molecule has 2 rings (SSSR count).